The second-order valence-corrected chi connectivity index (χ2v) is 4.59. The van der Waals surface area contributed by atoms with E-state index < -0.39 is 5.82 Å². The fourth-order valence-electron chi connectivity index (χ4n) is 1.72. The molecule has 6 heteroatoms. The van der Waals surface area contributed by atoms with Gasteiger partial charge in [0.2, 0.25) is 0 Å². The van der Waals surface area contributed by atoms with Crippen LogP contribution in [-0.4, -0.2) is 20.1 Å². The molecule has 110 valence electrons. The van der Waals surface area contributed by atoms with Crippen molar-refractivity contribution in [3.8, 4) is 11.5 Å². The molecule has 0 aliphatic rings. The monoisotopic (exact) mass is 309 g/mol. The lowest BCUT2D eigenvalue weighted by Gasteiger charge is -2.09. The molecule has 2 aromatic rings. The molecular weight excluding hydrogens is 297 g/mol. The lowest BCUT2D eigenvalue weighted by Crippen LogP contribution is -2.12. The van der Waals surface area contributed by atoms with Crippen molar-refractivity contribution < 1.29 is 18.7 Å². The van der Waals surface area contributed by atoms with E-state index in [1.807, 2.05) is 0 Å². The molecule has 0 saturated heterocycles. The molecule has 0 aliphatic carbocycles. The molecule has 2 rings (SSSR count). The number of ether oxygens (including phenoxy) is 2. The molecule has 1 N–H and O–H groups in total. The lowest BCUT2D eigenvalue weighted by atomic mass is 10.2. The number of benzene rings is 2. The van der Waals surface area contributed by atoms with Gasteiger partial charge in [-0.3, -0.25) is 4.79 Å². The highest BCUT2D eigenvalue weighted by atomic mass is 35.5. The van der Waals surface area contributed by atoms with Crippen molar-refractivity contribution in [2.45, 2.75) is 0 Å². The van der Waals surface area contributed by atoms with E-state index in [9.17, 15) is 9.18 Å². The first kappa shape index (κ1) is 15.1. The van der Waals surface area contributed by atoms with Crippen LogP contribution in [-0.2, 0) is 0 Å². The molecule has 0 heterocycles. The molecule has 21 heavy (non-hydrogen) atoms. The van der Waals surface area contributed by atoms with Crippen molar-refractivity contribution in [2.24, 2.45) is 0 Å². The Morgan fingerprint density at radius 2 is 1.71 bits per heavy atom. The fourth-order valence-corrected chi connectivity index (χ4v) is 1.90. The van der Waals surface area contributed by atoms with E-state index in [1.165, 1.54) is 32.4 Å². The summed E-state index contributed by atoms with van der Waals surface area (Å²) >= 11 is 5.67. The zero-order chi connectivity index (χ0) is 15.4. The maximum absolute atomic E-state index is 13.1. The Kier molecular flexibility index (Phi) is 4.65. The smallest absolute Gasteiger partial charge is 0.255 e. The molecule has 1 amide bonds. The highest BCUT2D eigenvalue weighted by molar-refractivity contribution is 6.31. The van der Waals surface area contributed by atoms with Gasteiger partial charge < -0.3 is 14.8 Å². The van der Waals surface area contributed by atoms with Crippen LogP contribution in [0.1, 0.15) is 10.4 Å². The van der Waals surface area contributed by atoms with Crippen molar-refractivity contribution >= 4 is 23.2 Å². The standard InChI is InChI=1S/C15H13ClFNO3/c1-20-11-5-9(6-12(8-11)21-2)15(19)18-10-3-4-14(17)13(16)7-10/h3-8H,1-2H3,(H,18,19). The van der Waals surface area contributed by atoms with Gasteiger partial charge in [0.15, 0.2) is 0 Å². The molecule has 0 radical (unpaired) electrons. The first-order valence-corrected chi connectivity index (χ1v) is 6.40. The number of anilines is 1. The molecule has 0 aromatic heterocycles. The number of rotatable bonds is 4. The van der Waals surface area contributed by atoms with Crippen LogP contribution in [0.4, 0.5) is 10.1 Å². The molecule has 2 aromatic carbocycles. The molecule has 4 nitrogen and oxygen atoms in total. The summed E-state index contributed by atoms with van der Waals surface area (Å²) in [5.41, 5.74) is 0.750. The number of hydrogen-bond donors (Lipinski definition) is 1. The van der Waals surface area contributed by atoms with Crippen LogP contribution in [0.3, 0.4) is 0 Å². The van der Waals surface area contributed by atoms with E-state index in [2.05, 4.69) is 5.32 Å². The summed E-state index contributed by atoms with van der Waals surface area (Å²) in [4.78, 5) is 12.2. The number of nitrogens with one attached hydrogen (secondary N) is 1. The van der Waals surface area contributed by atoms with E-state index in [-0.39, 0.29) is 10.9 Å². The van der Waals surface area contributed by atoms with Gasteiger partial charge in [0, 0.05) is 17.3 Å². The summed E-state index contributed by atoms with van der Waals surface area (Å²) in [6.07, 6.45) is 0. The van der Waals surface area contributed by atoms with Crippen LogP contribution >= 0.6 is 11.6 Å². The van der Waals surface area contributed by atoms with Gasteiger partial charge in [-0.25, -0.2) is 4.39 Å². The van der Waals surface area contributed by atoms with E-state index in [0.717, 1.165) is 0 Å². The summed E-state index contributed by atoms with van der Waals surface area (Å²) in [6, 6.07) is 8.75. The summed E-state index contributed by atoms with van der Waals surface area (Å²) in [5.74, 6) is 0.0702. The maximum atomic E-state index is 13.1. The molecule has 0 aliphatic heterocycles. The minimum Gasteiger partial charge on any atom is -0.497 e. The normalized spacial score (nSPS) is 10.1. The van der Waals surface area contributed by atoms with Gasteiger partial charge in [-0.05, 0) is 30.3 Å². The Balaban J connectivity index is 2.25. The van der Waals surface area contributed by atoms with Crippen LogP contribution in [0, 0.1) is 5.82 Å². The SMILES string of the molecule is COc1cc(OC)cc(C(=O)Nc2ccc(F)c(Cl)c2)c1. The molecule has 0 fully saturated rings. The Hall–Kier alpha value is -2.27. The van der Waals surface area contributed by atoms with Gasteiger partial charge in [0.05, 0.1) is 19.2 Å². The van der Waals surface area contributed by atoms with Gasteiger partial charge in [0.25, 0.3) is 5.91 Å². The van der Waals surface area contributed by atoms with Gasteiger partial charge in [-0.1, -0.05) is 11.6 Å². The summed E-state index contributed by atoms with van der Waals surface area (Å²) < 4.78 is 23.3. The molecule has 0 unspecified atom stereocenters. The second kappa shape index (κ2) is 6.45. The molecule has 0 spiro atoms. The molecule has 0 atom stereocenters. The minimum absolute atomic E-state index is 0.0592. The van der Waals surface area contributed by atoms with Gasteiger partial charge in [0.1, 0.15) is 17.3 Å². The number of hydrogen-bond acceptors (Lipinski definition) is 3. The first-order chi connectivity index (χ1) is 10.0. The third-order valence-corrected chi connectivity index (χ3v) is 3.08. The number of amides is 1. The van der Waals surface area contributed by atoms with Crippen molar-refractivity contribution in [3.05, 3.63) is 52.8 Å². The number of carbonyl (C=O) groups excluding carboxylic acids is 1. The van der Waals surface area contributed by atoms with E-state index in [4.69, 9.17) is 21.1 Å². The highest BCUT2D eigenvalue weighted by Crippen LogP contribution is 2.24. The Morgan fingerprint density at radius 1 is 1.10 bits per heavy atom. The predicted molar refractivity (Wildman–Crippen MR) is 78.9 cm³/mol. The summed E-state index contributed by atoms with van der Waals surface area (Å²) in [5, 5.41) is 2.57. The van der Waals surface area contributed by atoms with E-state index in [1.54, 1.807) is 18.2 Å². The van der Waals surface area contributed by atoms with Gasteiger partial charge in [-0.15, -0.1) is 0 Å². The van der Waals surface area contributed by atoms with Crippen LogP contribution < -0.4 is 14.8 Å². The zero-order valence-electron chi connectivity index (χ0n) is 11.4. The third-order valence-electron chi connectivity index (χ3n) is 2.79. The molecule has 0 saturated carbocycles. The zero-order valence-corrected chi connectivity index (χ0v) is 12.2. The second-order valence-electron chi connectivity index (χ2n) is 4.18. The number of carbonyl (C=O) groups is 1. The minimum atomic E-state index is -0.544. The fraction of sp³-hybridized carbons (Fsp3) is 0.133. The van der Waals surface area contributed by atoms with Crippen molar-refractivity contribution in [1.82, 2.24) is 0 Å². The van der Waals surface area contributed by atoms with Gasteiger partial charge >= 0.3 is 0 Å². The van der Waals surface area contributed by atoms with Crippen molar-refractivity contribution in [1.29, 1.82) is 0 Å². The number of methoxy groups -OCH3 is 2. The van der Waals surface area contributed by atoms with Crippen LogP contribution in [0.15, 0.2) is 36.4 Å². The Labute approximate surface area is 126 Å². The van der Waals surface area contributed by atoms with Crippen LogP contribution in [0.2, 0.25) is 5.02 Å². The average Bonchev–Trinajstić information content (AvgIpc) is 2.50. The highest BCUT2D eigenvalue weighted by Gasteiger charge is 2.11. The molecule has 0 bridgehead atoms. The average molecular weight is 310 g/mol. The van der Waals surface area contributed by atoms with E-state index >= 15 is 0 Å². The third kappa shape index (κ3) is 3.64. The maximum Gasteiger partial charge on any atom is 0.255 e. The first-order valence-electron chi connectivity index (χ1n) is 6.03. The quantitative estimate of drug-likeness (QED) is 0.935. The van der Waals surface area contributed by atoms with Crippen LogP contribution in [0.25, 0.3) is 0 Å². The van der Waals surface area contributed by atoms with Crippen molar-refractivity contribution in [2.75, 3.05) is 19.5 Å². The van der Waals surface area contributed by atoms with Crippen LogP contribution in [0.5, 0.6) is 11.5 Å². The summed E-state index contributed by atoms with van der Waals surface area (Å²) in [7, 11) is 2.99. The summed E-state index contributed by atoms with van der Waals surface area (Å²) in [6.45, 7) is 0. The Bertz CT molecular complexity index is 654. The largest absolute Gasteiger partial charge is 0.497 e. The predicted octanol–water partition coefficient (Wildman–Crippen LogP) is 3.75. The van der Waals surface area contributed by atoms with Crippen molar-refractivity contribution in [3.63, 3.8) is 0 Å². The topological polar surface area (TPSA) is 47.6 Å². The van der Waals surface area contributed by atoms with E-state index in [0.29, 0.717) is 22.7 Å². The Morgan fingerprint density at radius 3 is 2.24 bits per heavy atom. The van der Waals surface area contributed by atoms with Gasteiger partial charge in [-0.2, -0.15) is 0 Å². The lowest BCUT2D eigenvalue weighted by molar-refractivity contribution is 0.102. The molecular formula is C15H13ClFNO3. The number of halogens is 2.